The van der Waals surface area contributed by atoms with Crippen molar-refractivity contribution in [3.8, 4) is 0 Å². The van der Waals surface area contributed by atoms with Crippen LogP contribution in [0.15, 0.2) is 12.4 Å². The fraction of sp³-hybridized carbons (Fsp3) is 0.769. The smallest absolute Gasteiger partial charge is 0.100 e. The molecule has 0 bridgehead atoms. The zero-order chi connectivity index (χ0) is 14.1. The minimum atomic E-state index is -0.118. The van der Waals surface area contributed by atoms with Crippen LogP contribution < -0.4 is 5.73 Å². The maximum Gasteiger partial charge on any atom is 0.100 e. The molecule has 0 radical (unpaired) electrons. The van der Waals surface area contributed by atoms with Crippen molar-refractivity contribution >= 4 is 0 Å². The van der Waals surface area contributed by atoms with Gasteiger partial charge in [-0.1, -0.05) is 0 Å². The maximum absolute atomic E-state index is 5.95. The molecule has 0 spiro atoms. The third kappa shape index (κ3) is 6.15. The number of hydrogen-bond acceptors (Lipinski definition) is 5. The highest BCUT2D eigenvalue weighted by atomic mass is 16.5. The van der Waals surface area contributed by atoms with E-state index in [9.17, 15) is 0 Å². The Morgan fingerprint density at radius 3 is 2.68 bits per heavy atom. The van der Waals surface area contributed by atoms with Crippen LogP contribution in [0.5, 0.6) is 0 Å². The first-order valence-corrected chi connectivity index (χ1v) is 6.57. The average Bonchev–Trinajstić information content (AvgIpc) is 2.78. The quantitative estimate of drug-likeness (QED) is 0.640. The number of nitrogens with two attached hydrogens (primary N) is 1. The van der Waals surface area contributed by atoms with Gasteiger partial charge in [0.2, 0.25) is 0 Å². The molecule has 0 fully saturated rings. The number of rotatable bonds is 10. The van der Waals surface area contributed by atoms with E-state index in [4.69, 9.17) is 19.9 Å². The normalized spacial score (nSPS) is 14.5. The first-order chi connectivity index (χ1) is 9.15. The second kappa shape index (κ2) is 9.03. The van der Waals surface area contributed by atoms with Crippen LogP contribution in [-0.4, -0.2) is 49.4 Å². The molecule has 0 saturated heterocycles. The van der Waals surface area contributed by atoms with Crippen LogP contribution in [0.2, 0.25) is 0 Å². The summed E-state index contributed by atoms with van der Waals surface area (Å²) in [7, 11) is 3.54. The highest BCUT2D eigenvalue weighted by Crippen LogP contribution is 2.19. The number of ether oxygens (including phenoxy) is 3. The highest BCUT2D eigenvalue weighted by Gasteiger charge is 2.18. The van der Waals surface area contributed by atoms with Crippen molar-refractivity contribution in [2.45, 2.75) is 25.5 Å². The van der Waals surface area contributed by atoms with Crippen LogP contribution >= 0.6 is 0 Å². The first-order valence-electron chi connectivity index (χ1n) is 6.57. The van der Waals surface area contributed by atoms with Gasteiger partial charge in [-0.25, -0.2) is 0 Å². The van der Waals surface area contributed by atoms with E-state index >= 15 is 0 Å². The van der Waals surface area contributed by atoms with Crippen LogP contribution in [0.4, 0.5) is 0 Å². The second-order valence-corrected chi connectivity index (χ2v) is 4.56. The number of aromatic nitrogens is 2. The second-order valence-electron chi connectivity index (χ2n) is 4.56. The molecule has 1 rings (SSSR count). The highest BCUT2D eigenvalue weighted by molar-refractivity contribution is 5.10. The summed E-state index contributed by atoms with van der Waals surface area (Å²) in [6.07, 6.45) is 4.45. The molecule has 19 heavy (non-hydrogen) atoms. The summed E-state index contributed by atoms with van der Waals surface area (Å²) in [5.74, 6) is 0. The van der Waals surface area contributed by atoms with Gasteiger partial charge in [0.05, 0.1) is 19.4 Å². The lowest BCUT2D eigenvalue weighted by atomic mass is 10.1. The van der Waals surface area contributed by atoms with Crippen molar-refractivity contribution in [2.24, 2.45) is 12.8 Å². The molecular formula is C13H25N3O3. The van der Waals surface area contributed by atoms with Crippen molar-refractivity contribution < 1.29 is 14.2 Å². The monoisotopic (exact) mass is 271 g/mol. The van der Waals surface area contributed by atoms with E-state index in [1.54, 1.807) is 18.0 Å². The Hall–Kier alpha value is -0.950. The molecule has 1 aromatic heterocycles. The van der Waals surface area contributed by atoms with Gasteiger partial charge < -0.3 is 19.9 Å². The molecule has 0 aromatic carbocycles. The van der Waals surface area contributed by atoms with Gasteiger partial charge in [-0.15, -0.1) is 0 Å². The van der Waals surface area contributed by atoms with Crippen LogP contribution in [0, 0.1) is 0 Å². The molecule has 0 aliphatic heterocycles. The molecule has 2 N–H and O–H groups in total. The minimum Gasteiger partial charge on any atom is -0.382 e. The molecule has 6 heteroatoms. The van der Waals surface area contributed by atoms with Crippen molar-refractivity contribution in [1.29, 1.82) is 0 Å². The Balaban J connectivity index is 2.24. The summed E-state index contributed by atoms with van der Waals surface area (Å²) in [6, 6.07) is -0.0707. The molecule has 1 heterocycles. The summed E-state index contributed by atoms with van der Waals surface area (Å²) in [6.45, 7) is 4.47. The number of aryl methyl sites for hydroxylation is 1. The van der Waals surface area contributed by atoms with Crippen LogP contribution in [0.25, 0.3) is 0 Å². The summed E-state index contributed by atoms with van der Waals surface area (Å²) in [4.78, 5) is 0. The van der Waals surface area contributed by atoms with E-state index in [-0.39, 0.29) is 12.1 Å². The zero-order valence-corrected chi connectivity index (χ0v) is 12.0. The van der Waals surface area contributed by atoms with Gasteiger partial charge in [0, 0.05) is 45.2 Å². The molecule has 0 aliphatic carbocycles. The standard InChI is InChI=1S/C13H25N3O3/c1-11(14)13(12-9-15-16(2)10-12)19-6-4-5-18-8-7-17-3/h9-11,13H,4-8,14H2,1-3H3. The Morgan fingerprint density at radius 2 is 2.11 bits per heavy atom. The van der Waals surface area contributed by atoms with E-state index in [2.05, 4.69) is 5.10 Å². The first kappa shape index (κ1) is 16.1. The molecule has 2 atom stereocenters. The fourth-order valence-corrected chi connectivity index (χ4v) is 1.75. The van der Waals surface area contributed by atoms with Gasteiger partial charge in [0.15, 0.2) is 0 Å². The zero-order valence-electron chi connectivity index (χ0n) is 12.0. The lowest BCUT2D eigenvalue weighted by molar-refractivity contribution is 0.0143. The van der Waals surface area contributed by atoms with Gasteiger partial charge in [-0.2, -0.15) is 5.10 Å². The van der Waals surface area contributed by atoms with Gasteiger partial charge >= 0.3 is 0 Å². The summed E-state index contributed by atoms with van der Waals surface area (Å²) >= 11 is 0. The predicted octanol–water partition coefficient (Wildman–Crippen LogP) is 0.878. The third-order valence-electron chi connectivity index (χ3n) is 2.69. The van der Waals surface area contributed by atoms with E-state index in [0.29, 0.717) is 26.4 Å². The number of methoxy groups -OCH3 is 1. The molecule has 6 nitrogen and oxygen atoms in total. The van der Waals surface area contributed by atoms with E-state index in [1.165, 1.54) is 0 Å². The molecule has 0 saturated carbocycles. The third-order valence-corrected chi connectivity index (χ3v) is 2.69. The summed E-state index contributed by atoms with van der Waals surface area (Å²) in [5, 5.41) is 4.14. The molecule has 1 aromatic rings. The van der Waals surface area contributed by atoms with Crippen LogP contribution in [0.1, 0.15) is 25.0 Å². The van der Waals surface area contributed by atoms with Gasteiger partial charge in [-0.05, 0) is 13.3 Å². The fourth-order valence-electron chi connectivity index (χ4n) is 1.75. The molecule has 110 valence electrons. The SMILES string of the molecule is COCCOCCCOC(c1cnn(C)c1)C(C)N. The van der Waals surface area contributed by atoms with E-state index in [1.807, 2.05) is 20.2 Å². The predicted molar refractivity (Wildman–Crippen MR) is 72.9 cm³/mol. The average molecular weight is 271 g/mol. The number of hydrogen-bond donors (Lipinski definition) is 1. The Labute approximate surface area is 114 Å². The van der Waals surface area contributed by atoms with E-state index in [0.717, 1.165) is 12.0 Å². The molecule has 0 aliphatic rings. The van der Waals surface area contributed by atoms with Crippen molar-refractivity contribution in [2.75, 3.05) is 33.5 Å². The van der Waals surface area contributed by atoms with Crippen LogP contribution in [0.3, 0.4) is 0 Å². The Bertz CT molecular complexity index is 342. The summed E-state index contributed by atoms with van der Waals surface area (Å²) in [5.41, 5.74) is 6.96. The summed E-state index contributed by atoms with van der Waals surface area (Å²) < 4.78 is 17.8. The van der Waals surface area contributed by atoms with Gasteiger partial charge in [-0.3, -0.25) is 4.68 Å². The van der Waals surface area contributed by atoms with Crippen LogP contribution in [-0.2, 0) is 21.3 Å². The molecule has 2 unspecified atom stereocenters. The largest absolute Gasteiger partial charge is 0.382 e. The molecule has 0 amide bonds. The molecular weight excluding hydrogens is 246 g/mol. The lowest BCUT2D eigenvalue weighted by Crippen LogP contribution is -2.27. The van der Waals surface area contributed by atoms with E-state index < -0.39 is 0 Å². The minimum absolute atomic E-state index is 0.0707. The Morgan fingerprint density at radius 1 is 1.32 bits per heavy atom. The van der Waals surface area contributed by atoms with Crippen molar-refractivity contribution in [3.05, 3.63) is 18.0 Å². The topological polar surface area (TPSA) is 71.5 Å². The van der Waals surface area contributed by atoms with Crippen molar-refractivity contribution in [1.82, 2.24) is 9.78 Å². The maximum atomic E-state index is 5.95. The Kier molecular flexibility index (Phi) is 7.66. The number of nitrogens with zero attached hydrogens (tertiary/aromatic N) is 2. The lowest BCUT2D eigenvalue weighted by Gasteiger charge is -2.20. The van der Waals surface area contributed by atoms with Gasteiger partial charge in [0.1, 0.15) is 6.10 Å². The van der Waals surface area contributed by atoms with Gasteiger partial charge in [0.25, 0.3) is 0 Å². The van der Waals surface area contributed by atoms with Crippen molar-refractivity contribution in [3.63, 3.8) is 0 Å².